The molecule has 0 bridgehead atoms. The first-order chi connectivity index (χ1) is 14.0. The van der Waals surface area contributed by atoms with Crippen molar-refractivity contribution in [1.82, 2.24) is 4.98 Å². The van der Waals surface area contributed by atoms with Gasteiger partial charge in [0.1, 0.15) is 17.3 Å². The molecule has 0 aliphatic heterocycles. The van der Waals surface area contributed by atoms with Crippen LogP contribution in [0.15, 0.2) is 66.9 Å². The molecule has 29 heavy (non-hydrogen) atoms. The molecule has 1 atom stereocenters. The Kier molecular flexibility index (Phi) is 6.73. The molecule has 3 rings (SSSR count). The number of nitrogens with zero attached hydrogens (tertiary/aromatic N) is 2. The summed E-state index contributed by atoms with van der Waals surface area (Å²) in [6.45, 7) is 4.00. The molecule has 5 nitrogen and oxygen atoms in total. The molecule has 0 spiro atoms. The molecule has 1 aromatic heterocycles. The summed E-state index contributed by atoms with van der Waals surface area (Å²) >= 11 is 6.07. The van der Waals surface area contributed by atoms with Crippen molar-refractivity contribution in [2.45, 2.75) is 26.5 Å². The van der Waals surface area contributed by atoms with E-state index in [-0.39, 0.29) is 5.91 Å². The standard InChI is InChI=1S/C23H23ClN2O3/c1-16-14-20(11-12-21(16)24)29-17(2)23(27)26(22-6-4-5-13-25-22)15-18-7-9-19(28-3)10-8-18/h4-14,17H,15H2,1-3H3. The van der Waals surface area contributed by atoms with Crippen LogP contribution in [0.2, 0.25) is 5.02 Å². The number of aromatic nitrogens is 1. The third-order valence-corrected chi connectivity index (χ3v) is 4.91. The predicted molar refractivity (Wildman–Crippen MR) is 115 cm³/mol. The van der Waals surface area contributed by atoms with Crippen molar-refractivity contribution < 1.29 is 14.3 Å². The molecule has 0 aliphatic carbocycles. The van der Waals surface area contributed by atoms with Gasteiger partial charge in [-0.1, -0.05) is 29.8 Å². The normalized spacial score (nSPS) is 11.6. The second kappa shape index (κ2) is 9.43. The second-order valence-electron chi connectivity index (χ2n) is 6.63. The van der Waals surface area contributed by atoms with Crippen molar-refractivity contribution in [2.75, 3.05) is 12.0 Å². The number of rotatable bonds is 7. The number of pyridine rings is 1. The molecular weight excluding hydrogens is 388 g/mol. The largest absolute Gasteiger partial charge is 0.497 e. The molecule has 0 saturated heterocycles. The molecule has 2 aromatic carbocycles. The van der Waals surface area contributed by atoms with Crippen molar-refractivity contribution in [1.29, 1.82) is 0 Å². The van der Waals surface area contributed by atoms with Crippen molar-refractivity contribution in [3.05, 3.63) is 83.0 Å². The zero-order chi connectivity index (χ0) is 20.8. The van der Waals surface area contributed by atoms with Crippen molar-refractivity contribution in [3.8, 4) is 11.5 Å². The highest BCUT2D eigenvalue weighted by molar-refractivity contribution is 6.31. The molecule has 0 saturated carbocycles. The summed E-state index contributed by atoms with van der Waals surface area (Å²) in [6.07, 6.45) is 0.966. The third kappa shape index (κ3) is 5.27. The van der Waals surface area contributed by atoms with Gasteiger partial charge in [0.2, 0.25) is 0 Å². The Labute approximate surface area is 175 Å². The number of carbonyl (C=O) groups is 1. The maximum absolute atomic E-state index is 13.2. The number of aryl methyl sites for hydroxylation is 1. The van der Waals surface area contributed by atoms with E-state index in [0.717, 1.165) is 16.9 Å². The molecule has 0 fully saturated rings. The highest BCUT2D eigenvalue weighted by Crippen LogP contribution is 2.23. The van der Waals surface area contributed by atoms with Crippen LogP contribution >= 0.6 is 11.6 Å². The number of anilines is 1. The highest BCUT2D eigenvalue weighted by Gasteiger charge is 2.25. The molecule has 1 unspecified atom stereocenters. The van der Waals surface area contributed by atoms with Gasteiger partial charge < -0.3 is 9.47 Å². The summed E-state index contributed by atoms with van der Waals surface area (Å²) in [5, 5.41) is 0.658. The second-order valence-corrected chi connectivity index (χ2v) is 7.04. The van der Waals surface area contributed by atoms with E-state index >= 15 is 0 Å². The lowest BCUT2D eigenvalue weighted by atomic mass is 10.2. The molecule has 0 aliphatic rings. The molecule has 3 aromatic rings. The monoisotopic (exact) mass is 410 g/mol. The fraction of sp³-hybridized carbons (Fsp3) is 0.217. The van der Waals surface area contributed by atoms with Crippen LogP contribution in [0.3, 0.4) is 0 Å². The van der Waals surface area contributed by atoms with Gasteiger partial charge in [0.15, 0.2) is 6.10 Å². The molecule has 150 valence electrons. The predicted octanol–water partition coefficient (Wildman–Crippen LogP) is 5.05. The lowest BCUT2D eigenvalue weighted by molar-refractivity contribution is -0.124. The van der Waals surface area contributed by atoms with Gasteiger partial charge in [0, 0.05) is 11.2 Å². The van der Waals surface area contributed by atoms with Crippen LogP contribution in [0.1, 0.15) is 18.1 Å². The molecular formula is C23H23ClN2O3. The lowest BCUT2D eigenvalue weighted by Crippen LogP contribution is -2.40. The van der Waals surface area contributed by atoms with Crippen molar-refractivity contribution in [2.24, 2.45) is 0 Å². The molecule has 1 amide bonds. The third-order valence-electron chi connectivity index (χ3n) is 4.48. The fourth-order valence-corrected chi connectivity index (χ4v) is 2.98. The highest BCUT2D eigenvalue weighted by atomic mass is 35.5. The van der Waals surface area contributed by atoms with Gasteiger partial charge >= 0.3 is 0 Å². The van der Waals surface area contributed by atoms with E-state index in [4.69, 9.17) is 21.1 Å². The first-order valence-electron chi connectivity index (χ1n) is 9.26. The van der Waals surface area contributed by atoms with Crippen molar-refractivity contribution >= 4 is 23.3 Å². The Bertz CT molecular complexity index is 962. The number of ether oxygens (including phenoxy) is 2. The zero-order valence-electron chi connectivity index (χ0n) is 16.6. The van der Waals surface area contributed by atoms with E-state index in [2.05, 4.69) is 4.98 Å². The van der Waals surface area contributed by atoms with E-state index in [9.17, 15) is 4.79 Å². The summed E-state index contributed by atoms with van der Waals surface area (Å²) in [4.78, 5) is 19.2. The van der Waals surface area contributed by atoms with Gasteiger partial charge in [0.05, 0.1) is 13.7 Å². The number of benzene rings is 2. The minimum atomic E-state index is -0.698. The molecule has 6 heteroatoms. The smallest absolute Gasteiger partial charge is 0.269 e. The van der Waals surface area contributed by atoms with Crippen LogP contribution in [-0.4, -0.2) is 24.1 Å². The van der Waals surface area contributed by atoms with Crippen LogP contribution in [-0.2, 0) is 11.3 Å². The van der Waals surface area contributed by atoms with E-state index in [0.29, 0.717) is 23.1 Å². The van der Waals surface area contributed by atoms with Crippen LogP contribution in [0.5, 0.6) is 11.5 Å². The molecule has 1 heterocycles. The Balaban J connectivity index is 1.82. The average molecular weight is 411 g/mol. The number of amides is 1. The Morgan fingerprint density at radius 2 is 1.83 bits per heavy atom. The van der Waals surface area contributed by atoms with Gasteiger partial charge in [-0.2, -0.15) is 0 Å². The van der Waals surface area contributed by atoms with Gasteiger partial charge in [-0.05, 0) is 67.4 Å². The van der Waals surface area contributed by atoms with Gasteiger partial charge in [-0.3, -0.25) is 9.69 Å². The Morgan fingerprint density at radius 3 is 2.45 bits per heavy atom. The molecule has 0 N–H and O–H groups in total. The summed E-state index contributed by atoms with van der Waals surface area (Å²) in [7, 11) is 1.62. The van der Waals surface area contributed by atoms with Crippen LogP contribution in [0.4, 0.5) is 5.82 Å². The van der Waals surface area contributed by atoms with Gasteiger partial charge in [0.25, 0.3) is 5.91 Å². The van der Waals surface area contributed by atoms with E-state index in [1.54, 1.807) is 43.3 Å². The summed E-state index contributed by atoms with van der Waals surface area (Å²) in [5.41, 5.74) is 1.85. The van der Waals surface area contributed by atoms with E-state index < -0.39 is 6.10 Å². The Morgan fingerprint density at radius 1 is 1.10 bits per heavy atom. The number of hydrogen-bond donors (Lipinski definition) is 0. The minimum Gasteiger partial charge on any atom is -0.497 e. The summed E-state index contributed by atoms with van der Waals surface area (Å²) in [6, 6.07) is 18.4. The minimum absolute atomic E-state index is 0.188. The Hall–Kier alpha value is -3.05. The van der Waals surface area contributed by atoms with Gasteiger partial charge in [-0.15, -0.1) is 0 Å². The fourth-order valence-electron chi connectivity index (χ4n) is 2.86. The van der Waals surface area contributed by atoms with Crippen LogP contribution < -0.4 is 14.4 Å². The molecule has 0 radical (unpaired) electrons. The summed E-state index contributed by atoms with van der Waals surface area (Å²) in [5.74, 6) is 1.74. The maximum atomic E-state index is 13.2. The SMILES string of the molecule is COc1ccc(CN(C(=O)C(C)Oc2ccc(Cl)c(C)c2)c2ccccn2)cc1. The van der Waals surface area contributed by atoms with Crippen LogP contribution in [0.25, 0.3) is 0 Å². The van der Waals surface area contributed by atoms with E-state index in [1.165, 1.54) is 0 Å². The number of halogens is 1. The van der Waals surface area contributed by atoms with Crippen LogP contribution in [0, 0.1) is 6.92 Å². The first kappa shape index (κ1) is 20.7. The topological polar surface area (TPSA) is 51.7 Å². The quantitative estimate of drug-likeness (QED) is 0.546. The number of hydrogen-bond acceptors (Lipinski definition) is 4. The summed E-state index contributed by atoms with van der Waals surface area (Å²) < 4.78 is 11.1. The average Bonchev–Trinajstić information content (AvgIpc) is 2.75. The zero-order valence-corrected chi connectivity index (χ0v) is 17.4. The van der Waals surface area contributed by atoms with E-state index in [1.807, 2.05) is 49.4 Å². The van der Waals surface area contributed by atoms with Gasteiger partial charge in [-0.25, -0.2) is 4.98 Å². The number of carbonyl (C=O) groups excluding carboxylic acids is 1. The lowest BCUT2D eigenvalue weighted by Gasteiger charge is -2.25. The maximum Gasteiger partial charge on any atom is 0.269 e. The number of methoxy groups -OCH3 is 1. The first-order valence-corrected chi connectivity index (χ1v) is 9.64. The van der Waals surface area contributed by atoms with Crippen molar-refractivity contribution in [3.63, 3.8) is 0 Å².